The molecule has 1 aromatic heterocycles. The van der Waals surface area contributed by atoms with Crippen LogP contribution in [-0.2, 0) is 22.7 Å². The van der Waals surface area contributed by atoms with Crippen LogP contribution in [0.4, 0.5) is 0 Å². The third kappa shape index (κ3) is 4.03. The van der Waals surface area contributed by atoms with Crippen LogP contribution in [0, 0.1) is 12.8 Å². The maximum absolute atomic E-state index is 11.7. The number of carboxylic acids is 1. The van der Waals surface area contributed by atoms with Gasteiger partial charge >= 0.3 is 5.97 Å². The van der Waals surface area contributed by atoms with Gasteiger partial charge in [-0.1, -0.05) is 24.3 Å². The molecule has 6 nitrogen and oxygen atoms in total. The first-order valence-electron chi connectivity index (χ1n) is 8.38. The zero-order valence-corrected chi connectivity index (χ0v) is 14.6. The molecule has 0 saturated carbocycles. The highest BCUT2D eigenvalue weighted by atomic mass is 16.5. The number of carbonyl (C=O) groups is 1. The van der Waals surface area contributed by atoms with Crippen molar-refractivity contribution in [3.63, 3.8) is 0 Å². The number of methoxy groups -OCH3 is 1. The van der Waals surface area contributed by atoms with Crippen molar-refractivity contribution < 1.29 is 14.6 Å². The van der Waals surface area contributed by atoms with Crippen LogP contribution in [0.1, 0.15) is 28.4 Å². The lowest BCUT2D eigenvalue weighted by Gasteiger charge is -2.18. The SMILES string of the molecule is COCc1ncc(CN2C[C@@H](C(=O)O)[C@H](c3ccccc3C)C2)cn1. The molecule has 0 unspecified atom stereocenters. The molecular formula is C19H23N3O3. The Bertz CT molecular complexity index is 733. The van der Waals surface area contributed by atoms with Crippen LogP contribution in [0.5, 0.6) is 0 Å². The number of aromatic nitrogens is 2. The maximum atomic E-state index is 11.7. The minimum Gasteiger partial charge on any atom is -0.481 e. The number of aliphatic carboxylic acids is 1. The highest BCUT2D eigenvalue weighted by Gasteiger charge is 2.38. The highest BCUT2D eigenvalue weighted by molar-refractivity contribution is 5.72. The summed E-state index contributed by atoms with van der Waals surface area (Å²) in [4.78, 5) is 22.5. The van der Waals surface area contributed by atoms with E-state index in [1.54, 1.807) is 19.5 Å². The van der Waals surface area contributed by atoms with E-state index in [2.05, 4.69) is 14.9 Å². The summed E-state index contributed by atoms with van der Waals surface area (Å²) in [7, 11) is 1.61. The Morgan fingerprint density at radius 3 is 2.64 bits per heavy atom. The summed E-state index contributed by atoms with van der Waals surface area (Å²) in [6.07, 6.45) is 3.58. The number of carboxylic acid groups (broad SMARTS) is 1. The van der Waals surface area contributed by atoms with Gasteiger partial charge in [0.25, 0.3) is 0 Å². The summed E-state index contributed by atoms with van der Waals surface area (Å²) < 4.78 is 5.02. The number of ether oxygens (including phenoxy) is 1. The van der Waals surface area contributed by atoms with Gasteiger partial charge in [-0.05, 0) is 18.1 Å². The fourth-order valence-electron chi connectivity index (χ4n) is 3.51. The van der Waals surface area contributed by atoms with Gasteiger partial charge in [0.15, 0.2) is 5.82 Å². The number of benzene rings is 1. The van der Waals surface area contributed by atoms with Gasteiger partial charge in [0.05, 0.1) is 5.92 Å². The second-order valence-electron chi connectivity index (χ2n) is 6.54. The molecule has 0 amide bonds. The molecule has 1 N–H and O–H groups in total. The van der Waals surface area contributed by atoms with Gasteiger partial charge in [0, 0.05) is 50.6 Å². The summed E-state index contributed by atoms with van der Waals surface area (Å²) in [6.45, 7) is 4.34. The molecule has 2 aromatic rings. The van der Waals surface area contributed by atoms with E-state index >= 15 is 0 Å². The summed E-state index contributed by atoms with van der Waals surface area (Å²) in [5.41, 5.74) is 3.26. The second kappa shape index (κ2) is 7.72. The number of hydrogen-bond donors (Lipinski definition) is 1. The normalized spacial score (nSPS) is 20.7. The number of aryl methyl sites for hydroxylation is 1. The standard InChI is InChI=1S/C19H23N3O3/c1-13-5-3-4-6-15(13)16-10-22(11-17(16)19(23)24)9-14-7-20-18(12-25-2)21-8-14/h3-8,16-17H,9-12H2,1-2H3,(H,23,24)/t16-,17+/m0/s1. The van der Waals surface area contributed by atoms with E-state index in [0.717, 1.165) is 23.2 Å². The van der Waals surface area contributed by atoms with Crippen LogP contribution < -0.4 is 0 Å². The Hall–Kier alpha value is -2.31. The quantitative estimate of drug-likeness (QED) is 0.868. The molecular weight excluding hydrogens is 318 g/mol. The zero-order valence-electron chi connectivity index (χ0n) is 14.6. The highest BCUT2D eigenvalue weighted by Crippen LogP contribution is 2.35. The molecule has 2 atom stereocenters. The minimum absolute atomic E-state index is 0.00684. The number of likely N-dealkylation sites (tertiary alicyclic amines) is 1. The Labute approximate surface area is 147 Å². The third-order valence-corrected chi connectivity index (χ3v) is 4.74. The Balaban J connectivity index is 1.74. The molecule has 1 aromatic carbocycles. The van der Waals surface area contributed by atoms with E-state index in [1.165, 1.54) is 0 Å². The first kappa shape index (κ1) is 17.5. The van der Waals surface area contributed by atoms with Crippen LogP contribution in [0.3, 0.4) is 0 Å². The van der Waals surface area contributed by atoms with Crippen LogP contribution in [0.2, 0.25) is 0 Å². The van der Waals surface area contributed by atoms with Crippen molar-refractivity contribution in [2.24, 2.45) is 5.92 Å². The summed E-state index contributed by atoms with van der Waals surface area (Å²) in [5, 5.41) is 9.65. The molecule has 1 saturated heterocycles. The summed E-state index contributed by atoms with van der Waals surface area (Å²) >= 11 is 0. The first-order chi connectivity index (χ1) is 12.1. The van der Waals surface area contributed by atoms with Crippen LogP contribution >= 0.6 is 0 Å². The van der Waals surface area contributed by atoms with Crippen molar-refractivity contribution in [3.8, 4) is 0 Å². The van der Waals surface area contributed by atoms with Gasteiger partial charge in [0.2, 0.25) is 0 Å². The topological polar surface area (TPSA) is 75.5 Å². The minimum atomic E-state index is -0.734. The van der Waals surface area contributed by atoms with Crippen molar-refractivity contribution in [2.45, 2.75) is 26.0 Å². The fourth-order valence-corrected chi connectivity index (χ4v) is 3.51. The lowest BCUT2D eigenvalue weighted by Crippen LogP contribution is -2.23. The predicted molar refractivity (Wildman–Crippen MR) is 93.1 cm³/mol. The molecule has 3 rings (SSSR count). The molecule has 25 heavy (non-hydrogen) atoms. The largest absolute Gasteiger partial charge is 0.481 e. The van der Waals surface area contributed by atoms with Crippen molar-refractivity contribution in [1.29, 1.82) is 0 Å². The van der Waals surface area contributed by atoms with E-state index in [-0.39, 0.29) is 5.92 Å². The predicted octanol–water partition coefficient (Wildman–Crippen LogP) is 2.23. The fraction of sp³-hybridized carbons (Fsp3) is 0.421. The van der Waals surface area contributed by atoms with Crippen molar-refractivity contribution in [2.75, 3.05) is 20.2 Å². The number of rotatable bonds is 6. The van der Waals surface area contributed by atoms with E-state index in [4.69, 9.17) is 4.74 Å². The van der Waals surface area contributed by atoms with E-state index < -0.39 is 11.9 Å². The average Bonchev–Trinajstić information content (AvgIpc) is 3.01. The van der Waals surface area contributed by atoms with Gasteiger partial charge in [-0.25, -0.2) is 9.97 Å². The molecule has 0 radical (unpaired) electrons. The molecule has 132 valence electrons. The zero-order chi connectivity index (χ0) is 17.8. The lowest BCUT2D eigenvalue weighted by atomic mass is 9.86. The molecule has 2 heterocycles. The molecule has 0 spiro atoms. The van der Waals surface area contributed by atoms with E-state index in [0.29, 0.717) is 25.5 Å². The van der Waals surface area contributed by atoms with Crippen LogP contribution in [0.25, 0.3) is 0 Å². The first-order valence-corrected chi connectivity index (χ1v) is 8.38. The van der Waals surface area contributed by atoms with Gasteiger partial charge in [-0.2, -0.15) is 0 Å². The van der Waals surface area contributed by atoms with Gasteiger partial charge in [-0.15, -0.1) is 0 Å². The molecule has 0 aliphatic carbocycles. The number of nitrogens with zero attached hydrogens (tertiary/aromatic N) is 3. The summed E-state index contributed by atoms with van der Waals surface area (Å²) in [6, 6.07) is 8.05. The number of hydrogen-bond acceptors (Lipinski definition) is 5. The maximum Gasteiger partial charge on any atom is 0.308 e. The van der Waals surface area contributed by atoms with E-state index in [9.17, 15) is 9.90 Å². The summed E-state index contributed by atoms with van der Waals surface area (Å²) in [5.74, 6) is -0.474. The molecule has 1 aliphatic heterocycles. The molecule has 6 heteroatoms. The molecule has 1 fully saturated rings. The monoisotopic (exact) mass is 341 g/mol. The molecule has 1 aliphatic rings. The third-order valence-electron chi connectivity index (χ3n) is 4.74. The van der Waals surface area contributed by atoms with Gasteiger partial charge < -0.3 is 9.84 Å². The Morgan fingerprint density at radius 1 is 1.28 bits per heavy atom. The van der Waals surface area contributed by atoms with Gasteiger partial charge in [0.1, 0.15) is 6.61 Å². The Morgan fingerprint density at radius 2 is 2.00 bits per heavy atom. The molecule has 0 bridgehead atoms. The van der Waals surface area contributed by atoms with Crippen molar-refractivity contribution in [1.82, 2.24) is 14.9 Å². The lowest BCUT2D eigenvalue weighted by molar-refractivity contribution is -0.141. The Kier molecular flexibility index (Phi) is 5.40. The van der Waals surface area contributed by atoms with Crippen LogP contribution in [-0.4, -0.2) is 46.1 Å². The van der Waals surface area contributed by atoms with Gasteiger partial charge in [-0.3, -0.25) is 9.69 Å². The average molecular weight is 341 g/mol. The second-order valence-corrected chi connectivity index (χ2v) is 6.54. The van der Waals surface area contributed by atoms with Crippen molar-refractivity contribution >= 4 is 5.97 Å². The van der Waals surface area contributed by atoms with Crippen molar-refractivity contribution in [3.05, 3.63) is 59.2 Å². The van der Waals surface area contributed by atoms with Crippen LogP contribution in [0.15, 0.2) is 36.7 Å². The van der Waals surface area contributed by atoms with E-state index in [1.807, 2.05) is 31.2 Å². The smallest absolute Gasteiger partial charge is 0.308 e.